The summed E-state index contributed by atoms with van der Waals surface area (Å²) in [7, 11) is 0. The van der Waals surface area contributed by atoms with Crippen LogP contribution in [0.4, 0.5) is 4.79 Å². The van der Waals surface area contributed by atoms with Gasteiger partial charge in [0.25, 0.3) is 0 Å². The average Bonchev–Trinajstić information content (AvgIpc) is 3.17. The fourth-order valence-electron chi connectivity index (χ4n) is 3.94. The highest BCUT2D eigenvalue weighted by molar-refractivity contribution is 5.68. The molecule has 1 aromatic heterocycles. The molecule has 2 aliphatic heterocycles. The summed E-state index contributed by atoms with van der Waals surface area (Å²) in [6.07, 6.45) is 6.63. The molecule has 0 bridgehead atoms. The molecule has 1 unspecified atom stereocenters. The molecule has 0 aromatic carbocycles. The molecule has 150 valence electrons. The zero-order valence-corrected chi connectivity index (χ0v) is 16.9. The number of nitrogens with one attached hydrogen (secondary N) is 1. The minimum atomic E-state index is -0.623. The number of rotatable bonds is 5. The predicted molar refractivity (Wildman–Crippen MR) is 105 cm³/mol. The molecule has 0 aliphatic carbocycles. The maximum absolute atomic E-state index is 12.3. The van der Waals surface area contributed by atoms with Crippen LogP contribution in [0.1, 0.15) is 64.0 Å². The third-order valence-corrected chi connectivity index (χ3v) is 5.78. The van der Waals surface area contributed by atoms with Gasteiger partial charge in [-0.1, -0.05) is 13.5 Å². The van der Waals surface area contributed by atoms with Gasteiger partial charge in [0.1, 0.15) is 11.4 Å². The van der Waals surface area contributed by atoms with Gasteiger partial charge in [-0.25, -0.2) is 9.78 Å². The van der Waals surface area contributed by atoms with Gasteiger partial charge >= 0.3 is 6.09 Å². The summed E-state index contributed by atoms with van der Waals surface area (Å²) >= 11 is 0. The molecule has 2 saturated heterocycles. The number of nitrogens with zero attached hydrogens (tertiary/aromatic N) is 4. The standard InChI is InChI=1S/C20H33N5O2/c1-5-17-21-18(23-22-17)15-8-7-11-25(14-15)16-9-12-24(13-10-16)19(26)27-20(3,4)6-2/h6,15-16H,2,5,7-14H2,1,3-4H3,(H,21,22,23). The lowest BCUT2D eigenvalue weighted by Gasteiger charge is -2.42. The van der Waals surface area contributed by atoms with Crippen molar-refractivity contribution in [2.24, 2.45) is 0 Å². The van der Waals surface area contributed by atoms with Crippen molar-refractivity contribution in [3.63, 3.8) is 0 Å². The number of piperidine rings is 2. The predicted octanol–water partition coefficient (Wildman–Crippen LogP) is 3.11. The zero-order valence-electron chi connectivity index (χ0n) is 16.9. The van der Waals surface area contributed by atoms with Gasteiger partial charge in [-0.2, -0.15) is 5.10 Å². The number of ether oxygens (including phenoxy) is 1. The topological polar surface area (TPSA) is 74.3 Å². The molecule has 7 heteroatoms. The minimum absolute atomic E-state index is 0.234. The van der Waals surface area contributed by atoms with Crippen molar-refractivity contribution >= 4 is 6.09 Å². The Morgan fingerprint density at radius 2 is 2.07 bits per heavy atom. The lowest BCUT2D eigenvalue weighted by molar-refractivity contribution is 0.0250. The number of amides is 1. The maximum Gasteiger partial charge on any atom is 0.410 e. The summed E-state index contributed by atoms with van der Waals surface area (Å²) in [4.78, 5) is 21.4. The molecule has 0 saturated carbocycles. The summed E-state index contributed by atoms with van der Waals surface area (Å²) in [6, 6.07) is 0.522. The van der Waals surface area contributed by atoms with Gasteiger partial charge in [-0.15, -0.1) is 0 Å². The van der Waals surface area contributed by atoms with E-state index in [1.807, 2.05) is 18.7 Å². The Labute approximate surface area is 162 Å². The van der Waals surface area contributed by atoms with Gasteiger partial charge in [0.2, 0.25) is 0 Å². The molecule has 0 radical (unpaired) electrons. The van der Waals surface area contributed by atoms with Crippen molar-refractivity contribution in [3.8, 4) is 0 Å². The Kier molecular flexibility index (Phi) is 6.19. The van der Waals surface area contributed by atoms with Crippen molar-refractivity contribution in [1.82, 2.24) is 25.0 Å². The highest BCUT2D eigenvalue weighted by atomic mass is 16.6. The van der Waals surface area contributed by atoms with Crippen LogP contribution >= 0.6 is 0 Å². The molecule has 1 N–H and O–H groups in total. The molecule has 2 fully saturated rings. The molecular formula is C20H33N5O2. The van der Waals surface area contributed by atoms with Crippen LogP contribution in [-0.2, 0) is 11.2 Å². The van der Waals surface area contributed by atoms with Crippen molar-refractivity contribution < 1.29 is 9.53 Å². The van der Waals surface area contributed by atoms with E-state index in [1.54, 1.807) is 6.08 Å². The number of carbonyl (C=O) groups excluding carboxylic acids is 1. The quantitative estimate of drug-likeness (QED) is 0.801. The number of H-pyrrole nitrogens is 1. The van der Waals surface area contributed by atoms with Crippen LogP contribution < -0.4 is 0 Å². The first-order chi connectivity index (χ1) is 12.9. The molecule has 7 nitrogen and oxygen atoms in total. The Morgan fingerprint density at radius 1 is 1.33 bits per heavy atom. The van der Waals surface area contributed by atoms with E-state index in [9.17, 15) is 4.79 Å². The summed E-state index contributed by atoms with van der Waals surface area (Å²) in [5, 5.41) is 7.47. The second-order valence-corrected chi connectivity index (χ2v) is 8.22. The van der Waals surface area contributed by atoms with E-state index in [2.05, 4.69) is 33.6 Å². The van der Waals surface area contributed by atoms with Crippen LogP contribution in [0, 0.1) is 0 Å². The van der Waals surface area contributed by atoms with Gasteiger partial charge in [0.05, 0.1) is 0 Å². The lowest BCUT2D eigenvalue weighted by Crippen LogP contribution is -2.50. The monoisotopic (exact) mass is 375 g/mol. The highest BCUT2D eigenvalue weighted by Crippen LogP contribution is 2.29. The highest BCUT2D eigenvalue weighted by Gasteiger charge is 2.33. The van der Waals surface area contributed by atoms with E-state index in [0.29, 0.717) is 12.0 Å². The average molecular weight is 376 g/mol. The fraction of sp³-hybridized carbons (Fsp3) is 0.750. The van der Waals surface area contributed by atoms with Crippen molar-refractivity contribution in [2.75, 3.05) is 26.2 Å². The first-order valence-corrected chi connectivity index (χ1v) is 10.2. The van der Waals surface area contributed by atoms with Crippen LogP contribution in [-0.4, -0.2) is 68.9 Å². The maximum atomic E-state index is 12.3. The summed E-state index contributed by atoms with van der Waals surface area (Å²) in [6.45, 7) is 13.2. The SMILES string of the molecule is C=CC(C)(C)OC(=O)N1CCC(N2CCCC(c3n[nH]c(CC)n3)C2)CC1. The van der Waals surface area contributed by atoms with Gasteiger partial charge in [-0.3, -0.25) is 10.00 Å². The van der Waals surface area contributed by atoms with Crippen molar-refractivity contribution in [2.45, 2.75) is 70.4 Å². The summed E-state index contributed by atoms with van der Waals surface area (Å²) in [5.41, 5.74) is -0.623. The third kappa shape index (κ3) is 4.89. The van der Waals surface area contributed by atoms with Crippen LogP contribution in [0.25, 0.3) is 0 Å². The molecular weight excluding hydrogens is 342 g/mol. The molecule has 3 heterocycles. The van der Waals surface area contributed by atoms with E-state index in [-0.39, 0.29) is 6.09 Å². The van der Waals surface area contributed by atoms with Gasteiger partial charge in [-0.05, 0) is 52.2 Å². The largest absolute Gasteiger partial charge is 0.439 e. The van der Waals surface area contributed by atoms with E-state index < -0.39 is 5.60 Å². The molecule has 1 aromatic rings. The third-order valence-electron chi connectivity index (χ3n) is 5.78. The van der Waals surface area contributed by atoms with Crippen LogP contribution in [0.2, 0.25) is 0 Å². The first kappa shape index (κ1) is 19.9. The number of aryl methyl sites for hydroxylation is 1. The van der Waals surface area contributed by atoms with Crippen LogP contribution in [0.3, 0.4) is 0 Å². The second kappa shape index (κ2) is 8.42. The van der Waals surface area contributed by atoms with Gasteiger partial charge < -0.3 is 9.64 Å². The first-order valence-electron chi connectivity index (χ1n) is 10.2. The Balaban J connectivity index is 1.51. The number of hydrogen-bond donors (Lipinski definition) is 1. The van der Waals surface area contributed by atoms with E-state index in [1.165, 1.54) is 6.42 Å². The number of hydrogen-bond acceptors (Lipinski definition) is 5. The van der Waals surface area contributed by atoms with Crippen molar-refractivity contribution in [1.29, 1.82) is 0 Å². The van der Waals surface area contributed by atoms with Crippen LogP contribution in [0.15, 0.2) is 12.7 Å². The molecule has 2 aliphatic rings. The summed E-state index contributed by atoms with van der Waals surface area (Å²) < 4.78 is 5.53. The van der Waals surface area contributed by atoms with Gasteiger partial charge in [0.15, 0.2) is 5.82 Å². The Hall–Kier alpha value is -1.89. The minimum Gasteiger partial charge on any atom is -0.439 e. The number of likely N-dealkylation sites (tertiary alicyclic amines) is 2. The molecule has 1 atom stereocenters. The molecule has 3 rings (SSSR count). The normalized spacial score (nSPS) is 22.6. The number of aromatic amines is 1. The van der Waals surface area contributed by atoms with Crippen molar-refractivity contribution in [3.05, 3.63) is 24.3 Å². The summed E-state index contributed by atoms with van der Waals surface area (Å²) in [5.74, 6) is 2.34. The fourth-order valence-corrected chi connectivity index (χ4v) is 3.94. The van der Waals surface area contributed by atoms with E-state index >= 15 is 0 Å². The molecule has 27 heavy (non-hydrogen) atoms. The number of carbonyl (C=O) groups is 1. The van der Waals surface area contributed by atoms with E-state index in [4.69, 9.17) is 4.74 Å². The van der Waals surface area contributed by atoms with E-state index in [0.717, 1.165) is 63.5 Å². The molecule has 1 amide bonds. The smallest absolute Gasteiger partial charge is 0.410 e. The zero-order chi connectivity index (χ0) is 19.4. The van der Waals surface area contributed by atoms with Crippen LogP contribution in [0.5, 0.6) is 0 Å². The number of aromatic nitrogens is 3. The second-order valence-electron chi connectivity index (χ2n) is 8.22. The lowest BCUT2D eigenvalue weighted by atomic mass is 9.93. The Morgan fingerprint density at radius 3 is 2.70 bits per heavy atom. The molecule has 0 spiro atoms. The van der Waals surface area contributed by atoms with Gasteiger partial charge in [0, 0.05) is 38.0 Å². The Bertz CT molecular complexity index is 649.